The number of anilines is 1. The van der Waals surface area contributed by atoms with Crippen molar-refractivity contribution in [1.29, 1.82) is 0 Å². The molecule has 1 atom stereocenters. The molecule has 36 heavy (non-hydrogen) atoms. The zero-order valence-corrected chi connectivity index (χ0v) is 20.2. The first-order chi connectivity index (χ1) is 17.0. The summed E-state index contributed by atoms with van der Waals surface area (Å²) in [5.41, 5.74) is 2.43. The van der Waals surface area contributed by atoms with E-state index in [1.165, 1.54) is 6.07 Å². The molecule has 1 aromatic carbocycles. The number of aromatic nitrogens is 3. The van der Waals surface area contributed by atoms with Crippen molar-refractivity contribution < 1.29 is 22.7 Å². The zero-order chi connectivity index (χ0) is 25.7. The number of amides is 1. The molecular weight excluding hydrogens is 473 g/mol. The molecule has 0 saturated carbocycles. The van der Waals surface area contributed by atoms with Gasteiger partial charge in [-0.1, -0.05) is 0 Å². The highest BCUT2D eigenvalue weighted by Crippen LogP contribution is 2.37. The lowest BCUT2D eigenvalue weighted by atomic mass is 9.90. The van der Waals surface area contributed by atoms with Gasteiger partial charge in [0.05, 0.1) is 23.0 Å². The van der Waals surface area contributed by atoms with Gasteiger partial charge in [-0.15, -0.1) is 0 Å². The van der Waals surface area contributed by atoms with E-state index in [1.807, 2.05) is 44.0 Å². The molecule has 2 aliphatic rings. The Kier molecular flexibility index (Phi) is 5.90. The average molecular weight is 501 g/mol. The molecule has 190 valence electrons. The third-order valence-electron chi connectivity index (χ3n) is 6.75. The summed E-state index contributed by atoms with van der Waals surface area (Å²) in [4.78, 5) is 20.2. The Morgan fingerprint density at radius 1 is 1.17 bits per heavy atom. The largest absolute Gasteiger partial charge is 0.417 e. The molecule has 0 unspecified atom stereocenters. The van der Waals surface area contributed by atoms with Crippen molar-refractivity contribution in [2.45, 2.75) is 45.1 Å². The number of carbonyl (C=O) groups is 1. The highest BCUT2D eigenvalue weighted by atomic mass is 19.4. The molecule has 11 heteroatoms. The molecule has 0 aliphatic carbocycles. The lowest BCUT2D eigenvalue weighted by Gasteiger charge is -2.40. The highest BCUT2D eigenvalue weighted by molar-refractivity contribution is 5.77. The second-order valence-electron chi connectivity index (χ2n) is 9.80. The number of pyridine rings is 1. The number of aromatic amines is 1. The van der Waals surface area contributed by atoms with Gasteiger partial charge in [0.1, 0.15) is 11.6 Å². The number of benzene rings is 1. The number of fused-ring (bicyclic) bond motifs is 1. The molecule has 0 bridgehead atoms. The van der Waals surface area contributed by atoms with Gasteiger partial charge in [0.25, 0.3) is 0 Å². The maximum absolute atomic E-state index is 12.9. The summed E-state index contributed by atoms with van der Waals surface area (Å²) in [5.74, 6) is 1.08. The van der Waals surface area contributed by atoms with E-state index < -0.39 is 23.4 Å². The Hall–Kier alpha value is -3.60. The molecule has 2 aliphatic heterocycles. The molecular formula is C25H27F3N6O2. The van der Waals surface area contributed by atoms with Gasteiger partial charge in [-0.05, 0) is 51.1 Å². The Morgan fingerprint density at radius 3 is 2.67 bits per heavy atom. The summed E-state index contributed by atoms with van der Waals surface area (Å²) < 4.78 is 43.9. The maximum Gasteiger partial charge on any atom is 0.417 e. The standard InChI is InChI=1S/C25H27F3N6O2/c1-15-13-33(8-9-34(15)21-7-5-18(12-29-21)25(26,27)28)14-17-11-30-32-22(17)16-4-6-20-19(10-16)24(2,3)31-23(35)36-20/h4-7,10-12,15H,8-9,13-14H2,1-3H3,(H,30,32)(H,31,35)/t15-/m1/s1. The first kappa shape index (κ1) is 24.1. The number of nitrogens with one attached hydrogen (secondary N) is 2. The smallest absolute Gasteiger partial charge is 0.410 e. The van der Waals surface area contributed by atoms with E-state index in [0.29, 0.717) is 24.7 Å². The van der Waals surface area contributed by atoms with Gasteiger partial charge in [-0.25, -0.2) is 9.78 Å². The Bertz CT molecular complexity index is 1270. The van der Waals surface area contributed by atoms with Gasteiger partial charge in [0.15, 0.2) is 0 Å². The third-order valence-corrected chi connectivity index (χ3v) is 6.75. The average Bonchev–Trinajstić information content (AvgIpc) is 3.26. The van der Waals surface area contributed by atoms with Crippen LogP contribution in [0.3, 0.4) is 0 Å². The molecule has 3 aromatic rings. The Balaban J connectivity index is 1.29. The third kappa shape index (κ3) is 4.62. The van der Waals surface area contributed by atoms with Gasteiger partial charge in [0, 0.05) is 55.1 Å². The number of piperazine rings is 1. The Labute approximate surface area is 206 Å². The van der Waals surface area contributed by atoms with E-state index in [1.54, 1.807) is 6.07 Å². The van der Waals surface area contributed by atoms with E-state index in [9.17, 15) is 18.0 Å². The molecule has 0 spiro atoms. The van der Waals surface area contributed by atoms with Crippen LogP contribution in [-0.4, -0.2) is 51.9 Å². The van der Waals surface area contributed by atoms with Gasteiger partial charge in [0.2, 0.25) is 0 Å². The van der Waals surface area contributed by atoms with Crippen LogP contribution in [-0.2, 0) is 18.3 Å². The van der Waals surface area contributed by atoms with E-state index in [-0.39, 0.29) is 6.04 Å². The van der Waals surface area contributed by atoms with Crippen LogP contribution in [0.1, 0.15) is 37.5 Å². The van der Waals surface area contributed by atoms with Gasteiger partial charge in [-0.3, -0.25) is 10.00 Å². The molecule has 1 saturated heterocycles. The van der Waals surface area contributed by atoms with Crippen LogP contribution < -0.4 is 15.0 Å². The molecule has 5 rings (SSSR count). The fourth-order valence-corrected chi connectivity index (χ4v) is 4.87. The fraction of sp³-hybridized carbons (Fsp3) is 0.400. The summed E-state index contributed by atoms with van der Waals surface area (Å²) >= 11 is 0. The molecule has 4 heterocycles. The molecule has 2 aromatic heterocycles. The van der Waals surface area contributed by atoms with Crippen molar-refractivity contribution in [3.63, 3.8) is 0 Å². The predicted molar refractivity (Wildman–Crippen MR) is 128 cm³/mol. The normalized spacial score (nSPS) is 20.0. The van der Waals surface area contributed by atoms with E-state index in [0.717, 1.165) is 47.7 Å². The van der Waals surface area contributed by atoms with Crippen LogP contribution >= 0.6 is 0 Å². The van der Waals surface area contributed by atoms with Gasteiger partial charge < -0.3 is 15.0 Å². The number of nitrogens with zero attached hydrogens (tertiary/aromatic N) is 4. The lowest BCUT2D eigenvalue weighted by Crippen LogP contribution is -2.51. The number of ether oxygens (including phenoxy) is 1. The first-order valence-electron chi connectivity index (χ1n) is 11.7. The quantitative estimate of drug-likeness (QED) is 0.547. The number of hydrogen-bond donors (Lipinski definition) is 2. The summed E-state index contributed by atoms with van der Waals surface area (Å²) in [6, 6.07) is 8.30. The van der Waals surface area contributed by atoms with Crippen LogP contribution in [0.15, 0.2) is 42.7 Å². The topological polar surface area (TPSA) is 86.4 Å². The lowest BCUT2D eigenvalue weighted by molar-refractivity contribution is -0.137. The molecule has 1 amide bonds. The van der Waals surface area contributed by atoms with Crippen molar-refractivity contribution >= 4 is 11.9 Å². The summed E-state index contributed by atoms with van der Waals surface area (Å²) in [5, 5.41) is 10.2. The minimum absolute atomic E-state index is 0.0728. The van der Waals surface area contributed by atoms with E-state index in [2.05, 4.69) is 25.4 Å². The van der Waals surface area contributed by atoms with E-state index in [4.69, 9.17) is 4.74 Å². The zero-order valence-electron chi connectivity index (χ0n) is 20.2. The first-order valence-corrected chi connectivity index (χ1v) is 11.7. The van der Waals surface area contributed by atoms with Crippen molar-refractivity contribution in [2.75, 3.05) is 24.5 Å². The molecule has 0 radical (unpaired) electrons. The van der Waals surface area contributed by atoms with Crippen LogP contribution in [0.5, 0.6) is 5.75 Å². The van der Waals surface area contributed by atoms with E-state index >= 15 is 0 Å². The van der Waals surface area contributed by atoms with Crippen LogP contribution in [0.2, 0.25) is 0 Å². The second-order valence-corrected chi connectivity index (χ2v) is 9.80. The summed E-state index contributed by atoms with van der Waals surface area (Å²) in [6.07, 6.45) is -2.16. The van der Waals surface area contributed by atoms with Gasteiger partial charge in [-0.2, -0.15) is 18.3 Å². The number of hydrogen-bond acceptors (Lipinski definition) is 6. The fourth-order valence-electron chi connectivity index (χ4n) is 4.87. The minimum Gasteiger partial charge on any atom is -0.410 e. The number of H-pyrrole nitrogens is 1. The van der Waals surface area contributed by atoms with Crippen molar-refractivity contribution in [3.05, 3.63) is 59.4 Å². The van der Waals surface area contributed by atoms with Crippen molar-refractivity contribution in [3.8, 4) is 17.0 Å². The molecule has 2 N–H and O–H groups in total. The van der Waals surface area contributed by atoms with Crippen LogP contribution in [0.4, 0.5) is 23.8 Å². The minimum atomic E-state index is -4.40. The second kappa shape index (κ2) is 8.81. The van der Waals surface area contributed by atoms with Crippen molar-refractivity contribution in [1.82, 2.24) is 25.4 Å². The van der Waals surface area contributed by atoms with Crippen LogP contribution in [0, 0.1) is 0 Å². The highest BCUT2D eigenvalue weighted by Gasteiger charge is 2.34. The number of carbonyl (C=O) groups excluding carboxylic acids is 1. The summed E-state index contributed by atoms with van der Waals surface area (Å²) in [6.45, 7) is 8.67. The van der Waals surface area contributed by atoms with Crippen molar-refractivity contribution in [2.24, 2.45) is 0 Å². The number of alkyl halides is 3. The molecule has 1 fully saturated rings. The number of halogens is 3. The maximum atomic E-state index is 12.9. The van der Waals surface area contributed by atoms with Gasteiger partial charge >= 0.3 is 12.3 Å². The Morgan fingerprint density at radius 2 is 1.97 bits per heavy atom. The SMILES string of the molecule is C[C@@H]1CN(Cc2cn[nH]c2-c2ccc3c(c2)C(C)(C)NC(=O)O3)CCN1c1ccc(C(F)(F)F)cn1. The monoisotopic (exact) mass is 500 g/mol. The predicted octanol–water partition coefficient (Wildman–Crippen LogP) is 4.54. The van der Waals surface area contributed by atoms with Crippen LogP contribution in [0.25, 0.3) is 11.3 Å². The summed E-state index contributed by atoms with van der Waals surface area (Å²) in [7, 11) is 0. The number of rotatable bonds is 4. The molecule has 8 nitrogen and oxygen atoms in total.